The number of nitrogens with two attached hydrogens (primary N) is 1. The molecule has 2 aromatic rings. The summed E-state index contributed by atoms with van der Waals surface area (Å²) in [5.41, 5.74) is 7.53. The predicted octanol–water partition coefficient (Wildman–Crippen LogP) is 3.98. The van der Waals surface area contributed by atoms with Crippen molar-refractivity contribution in [2.45, 2.75) is 12.1 Å². The van der Waals surface area contributed by atoms with E-state index in [0.717, 1.165) is 10.0 Å². The van der Waals surface area contributed by atoms with Crippen LogP contribution in [-0.2, 0) is 4.74 Å². The molecule has 2 rings (SSSR count). The van der Waals surface area contributed by atoms with Gasteiger partial charge in [-0.1, -0.05) is 46.3 Å². The minimum Gasteiger partial charge on any atom is -0.375 e. The summed E-state index contributed by atoms with van der Waals surface area (Å²) in [6.07, 6.45) is -0.384. The number of methoxy groups -OCH3 is 1. The van der Waals surface area contributed by atoms with Crippen LogP contribution in [0.15, 0.2) is 53.0 Å². The molecule has 0 aliphatic heterocycles. The Bertz CT molecular complexity index is 547. The summed E-state index contributed by atoms with van der Waals surface area (Å²) in [4.78, 5) is 0. The molecule has 2 nitrogen and oxygen atoms in total. The van der Waals surface area contributed by atoms with Crippen molar-refractivity contribution in [1.82, 2.24) is 0 Å². The van der Waals surface area contributed by atoms with Crippen molar-refractivity contribution in [1.29, 1.82) is 0 Å². The normalized spacial score (nSPS) is 14.1. The van der Waals surface area contributed by atoms with E-state index in [4.69, 9.17) is 10.5 Å². The lowest BCUT2D eigenvalue weighted by Gasteiger charge is -2.24. The molecule has 0 fully saturated rings. The van der Waals surface area contributed by atoms with Crippen LogP contribution >= 0.6 is 15.9 Å². The summed E-state index contributed by atoms with van der Waals surface area (Å²) in [6, 6.07) is 13.7. The molecule has 4 heteroatoms. The molecule has 0 amide bonds. The molecule has 0 spiro atoms. The molecule has 0 radical (unpaired) electrons. The number of benzene rings is 2. The second kappa shape index (κ2) is 6.28. The minimum absolute atomic E-state index is 0.325. The Morgan fingerprint density at radius 3 is 2.47 bits per heavy atom. The summed E-state index contributed by atoms with van der Waals surface area (Å²) in [7, 11) is 1.58. The van der Waals surface area contributed by atoms with E-state index in [9.17, 15) is 4.39 Å². The fourth-order valence-corrected chi connectivity index (χ4v) is 2.44. The fraction of sp³-hybridized carbons (Fsp3) is 0.200. The zero-order valence-electron chi connectivity index (χ0n) is 10.5. The highest BCUT2D eigenvalue weighted by Gasteiger charge is 2.23. The van der Waals surface area contributed by atoms with Crippen LogP contribution in [0.1, 0.15) is 23.3 Å². The van der Waals surface area contributed by atoms with Crippen LogP contribution in [-0.4, -0.2) is 7.11 Å². The molecule has 0 heterocycles. The Balaban J connectivity index is 2.36. The van der Waals surface area contributed by atoms with Gasteiger partial charge in [0.2, 0.25) is 0 Å². The number of hydrogen-bond acceptors (Lipinski definition) is 2. The first kappa shape index (κ1) is 14.2. The highest BCUT2D eigenvalue weighted by molar-refractivity contribution is 9.10. The maximum absolute atomic E-state index is 13.9. The number of halogens is 2. The van der Waals surface area contributed by atoms with Gasteiger partial charge in [-0.15, -0.1) is 0 Å². The van der Waals surface area contributed by atoms with E-state index >= 15 is 0 Å². The molecule has 19 heavy (non-hydrogen) atoms. The van der Waals surface area contributed by atoms with Crippen molar-refractivity contribution in [2.75, 3.05) is 7.11 Å². The topological polar surface area (TPSA) is 35.2 Å². The Morgan fingerprint density at radius 1 is 1.16 bits per heavy atom. The highest BCUT2D eigenvalue weighted by atomic mass is 79.9. The maximum Gasteiger partial charge on any atom is 0.128 e. The van der Waals surface area contributed by atoms with Gasteiger partial charge in [0.05, 0.1) is 6.04 Å². The van der Waals surface area contributed by atoms with Crippen molar-refractivity contribution >= 4 is 15.9 Å². The average Bonchev–Trinajstić information content (AvgIpc) is 2.43. The van der Waals surface area contributed by atoms with E-state index in [2.05, 4.69) is 15.9 Å². The van der Waals surface area contributed by atoms with E-state index in [1.165, 1.54) is 6.07 Å². The van der Waals surface area contributed by atoms with Crippen molar-refractivity contribution < 1.29 is 9.13 Å². The van der Waals surface area contributed by atoms with E-state index in [-0.39, 0.29) is 11.9 Å². The van der Waals surface area contributed by atoms with Crippen molar-refractivity contribution in [3.63, 3.8) is 0 Å². The molecule has 2 unspecified atom stereocenters. The fourth-order valence-electron chi connectivity index (χ4n) is 2.07. The van der Waals surface area contributed by atoms with Gasteiger partial charge in [0, 0.05) is 17.1 Å². The second-order valence-corrected chi connectivity index (χ2v) is 5.17. The number of hydrogen-bond donors (Lipinski definition) is 1. The van der Waals surface area contributed by atoms with Crippen molar-refractivity contribution in [2.24, 2.45) is 5.73 Å². The molecule has 0 aliphatic rings. The lowest BCUT2D eigenvalue weighted by atomic mass is 9.96. The SMILES string of the molecule is COC(c1ccccc1)C(N)c1cc(Br)ccc1F. The quantitative estimate of drug-likeness (QED) is 0.923. The van der Waals surface area contributed by atoms with Gasteiger partial charge in [0.25, 0.3) is 0 Å². The van der Waals surface area contributed by atoms with Crippen LogP contribution in [0, 0.1) is 5.82 Å². The predicted molar refractivity (Wildman–Crippen MR) is 77.2 cm³/mol. The van der Waals surface area contributed by atoms with Gasteiger partial charge >= 0.3 is 0 Å². The summed E-state index contributed by atoms with van der Waals surface area (Å²) in [5.74, 6) is -0.325. The largest absolute Gasteiger partial charge is 0.375 e. The Hall–Kier alpha value is -1.23. The highest BCUT2D eigenvalue weighted by Crippen LogP contribution is 2.32. The van der Waals surface area contributed by atoms with Crippen molar-refractivity contribution in [3.05, 3.63) is 69.9 Å². The second-order valence-electron chi connectivity index (χ2n) is 4.26. The first-order valence-electron chi connectivity index (χ1n) is 5.91. The van der Waals surface area contributed by atoms with Crippen LogP contribution < -0.4 is 5.73 Å². The molecule has 0 aliphatic carbocycles. The van der Waals surface area contributed by atoms with Crippen LogP contribution in [0.2, 0.25) is 0 Å². The van der Waals surface area contributed by atoms with E-state index < -0.39 is 6.04 Å². The lowest BCUT2D eigenvalue weighted by Crippen LogP contribution is -2.22. The van der Waals surface area contributed by atoms with Crippen LogP contribution in [0.25, 0.3) is 0 Å². The Labute approximate surface area is 120 Å². The van der Waals surface area contributed by atoms with Gasteiger partial charge in [-0.05, 0) is 23.8 Å². The van der Waals surface area contributed by atoms with Crippen LogP contribution in [0.3, 0.4) is 0 Å². The summed E-state index contributed by atoms with van der Waals surface area (Å²) < 4.78 is 20.1. The Morgan fingerprint density at radius 2 is 1.84 bits per heavy atom. The summed E-state index contributed by atoms with van der Waals surface area (Å²) >= 11 is 3.33. The minimum atomic E-state index is -0.565. The average molecular weight is 324 g/mol. The van der Waals surface area contributed by atoms with Gasteiger partial charge in [0.1, 0.15) is 11.9 Å². The summed E-state index contributed by atoms with van der Waals surface area (Å²) in [6.45, 7) is 0. The number of rotatable bonds is 4. The molecule has 2 atom stereocenters. The van der Waals surface area contributed by atoms with E-state index in [0.29, 0.717) is 5.56 Å². The molecule has 2 N–H and O–H groups in total. The molecule has 0 saturated heterocycles. The van der Waals surface area contributed by atoms with Crippen LogP contribution in [0.5, 0.6) is 0 Å². The smallest absolute Gasteiger partial charge is 0.128 e. The molecule has 0 bridgehead atoms. The molecular weight excluding hydrogens is 309 g/mol. The first-order chi connectivity index (χ1) is 9.13. The molecule has 0 saturated carbocycles. The third-order valence-corrected chi connectivity index (χ3v) is 3.52. The third kappa shape index (κ3) is 3.21. The number of ether oxygens (including phenoxy) is 1. The van der Waals surface area contributed by atoms with Gasteiger partial charge in [-0.3, -0.25) is 0 Å². The van der Waals surface area contributed by atoms with Gasteiger partial charge in [-0.25, -0.2) is 4.39 Å². The Kier molecular flexibility index (Phi) is 4.69. The van der Waals surface area contributed by atoms with Crippen molar-refractivity contribution in [3.8, 4) is 0 Å². The van der Waals surface area contributed by atoms with Gasteiger partial charge < -0.3 is 10.5 Å². The molecular formula is C15H15BrFNO. The van der Waals surface area contributed by atoms with Gasteiger partial charge in [-0.2, -0.15) is 0 Å². The molecule has 2 aromatic carbocycles. The zero-order valence-corrected chi connectivity index (χ0v) is 12.1. The first-order valence-corrected chi connectivity index (χ1v) is 6.71. The molecule has 0 aromatic heterocycles. The van der Waals surface area contributed by atoms with Crippen LogP contribution in [0.4, 0.5) is 4.39 Å². The maximum atomic E-state index is 13.9. The zero-order chi connectivity index (χ0) is 13.8. The lowest BCUT2D eigenvalue weighted by molar-refractivity contribution is 0.0791. The monoisotopic (exact) mass is 323 g/mol. The standard InChI is InChI=1S/C15H15BrFNO/c1-19-15(10-5-3-2-4-6-10)14(18)12-9-11(16)7-8-13(12)17/h2-9,14-15H,18H2,1H3. The third-order valence-electron chi connectivity index (χ3n) is 3.03. The van der Waals surface area contributed by atoms with E-state index in [1.54, 1.807) is 19.2 Å². The summed E-state index contributed by atoms with van der Waals surface area (Å²) in [5, 5.41) is 0. The molecule has 100 valence electrons. The van der Waals surface area contributed by atoms with E-state index in [1.807, 2.05) is 30.3 Å². The van der Waals surface area contributed by atoms with Gasteiger partial charge in [0.15, 0.2) is 0 Å².